The van der Waals surface area contributed by atoms with Crippen molar-refractivity contribution in [1.82, 2.24) is 20.6 Å². The van der Waals surface area contributed by atoms with Gasteiger partial charge in [0.05, 0.1) is 28.9 Å². The van der Waals surface area contributed by atoms with Crippen LogP contribution in [-0.4, -0.2) is 28.0 Å². The van der Waals surface area contributed by atoms with Crippen molar-refractivity contribution in [3.8, 4) is 0 Å². The SMILES string of the molecule is CCc1csc(CNC(=O)[C@]2(Cc3cscn3)C[C@@H]3CC[C@H]2N3)n1.Cl. The Kier molecular flexibility index (Phi) is 5.78. The van der Waals surface area contributed by atoms with Crippen molar-refractivity contribution in [2.75, 3.05) is 0 Å². The van der Waals surface area contributed by atoms with Crippen LogP contribution in [0.2, 0.25) is 0 Å². The molecule has 2 aliphatic heterocycles. The van der Waals surface area contributed by atoms with Gasteiger partial charge in [-0.05, 0) is 25.7 Å². The number of thiazole rings is 2. The summed E-state index contributed by atoms with van der Waals surface area (Å²) in [7, 11) is 0. The fraction of sp³-hybridized carbons (Fsp3) is 0.588. The summed E-state index contributed by atoms with van der Waals surface area (Å²) in [6.45, 7) is 2.63. The maximum absolute atomic E-state index is 13.1. The number of hydrogen-bond donors (Lipinski definition) is 2. The second-order valence-electron chi connectivity index (χ2n) is 6.78. The van der Waals surface area contributed by atoms with Gasteiger partial charge >= 0.3 is 0 Å². The van der Waals surface area contributed by atoms with Crippen molar-refractivity contribution in [1.29, 1.82) is 0 Å². The monoisotopic (exact) mass is 398 g/mol. The Morgan fingerprint density at radius 1 is 1.40 bits per heavy atom. The standard InChI is InChI=1S/C17H22N4OS2.ClH/c1-2-11-9-24-15(21-11)7-18-16(22)17(6-13-8-23-10-19-13)5-12-3-4-14(17)20-12;/h8-10,12,14,20H,2-7H2,1H3,(H,18,22);1H/t12-,14+,17-;/m0./s1. The van der Waals surface area contributed by atoms with E-state index in [-0.39, 0.29) is 29.8 Å². The van der Waals surface area contributed by atoms with Crippen molar-refractivity contribution in [3.05, 3.63) is 32.7 Å². The van der Waals surface area contributed by atoms with Gasteiger partial charge in [-0.25, -0.2) is 9.97 Å². The Hall–Kier alpha value is -1.02. The Labute approximate surface area is 162 Å². The number of carbonyl (C=O) groups is 1. The molecule has 4 heterocycles. The molecular formula is C17H23ClN4OS2. The first kappa shape index (κ1) is 18.8. The summed E-state index contributed by atoms with van der Waals surface area (Å²) < 4.78 is 0. The average Bonchev–Trinajstić information content (AvgIpc) is 3.36. The Balaban J connectivity index is 0.00000182. The van der Waals surface area contributed by atoms with Crippen LogP contribution in [0.3, 0.4) is 0 Å². The summed E-state index contributed by atoms with van der Waals surface area (Å²) in [4.78, 5) is 22.1. The Morgan fingerprint density at radius 3 is 2.88 bits per heavy atom. The molecule has 3 atom stereocenters. The van der Waals surface area contributed by atoms with Gasteiger partial charge in [-0.15, -0.1) is 35.1 Å². The molecule has 5 nitrogen and oxygen atoms in total. The van der Waals surface area contributed by atoms with Crippen molar-refractivity contribution < 1.29 is 4.79 Å². The minimum atomic E-state index is -0.359. The smallest absolute Gasteiger partial charge is 0.228 e. The van der Waals surface area contributed by atoms with Crippen LogP contribution in [0.15, 0.2) is 16.3 Å². The third-order valence-corrected chi connectivity index (χ3v) is 6.85. The number of nitrogens with zero attached hydrogens (tertiary/aromatic N) is 2. The predicted molar refractivity (Wildman–Crippen MR) is 103 cm³/mol. The van der Waals surface area contributed by atoms with E-state index in [9.17, 15) is 4.79 Å². The lowest BCUT2D eigenvalue weighted by Gasteiger charge is -2.34. The maximum Gasteiger partial charge on any atom is 0.228 e. The number of aromatic nitrogens is 2. The minimum absolute atomic E-state index is 0. The zero-order valence-electron chi connectivity index (χ0n) is 14.2. The van der Waals surface area contributed by atoms with Crippen LogP contribution in [0, 0.1) is 5.41 Å². The summed E-state index contributed by atoms with van der Waals surface area (Å²) in [5.41, 5.74) is 3.63. The fourth-order valence-corrected chi connectivity index (χ4v) is 5.47. The first-order chi connectivity index (χ1) is 11.7. The van der Waals surface area contributed by atoms with Gasteiger partial charge in [-0.3, -0.25) is 4.79 Å². The zero-order valence-corrected chi connectivity index (χ0v) is 16.6. The third-order valence-electron chi connectivity index (χ3n) is 5.31. The Morgan fingerprint density at radius 2 is 2.28 bits per heavy atom. The van der Waals surface area contributed by atoms with E-state index in [0.29, 0.717) is 12.6 Å². The van der Waals surface area contributed by atoms with Crippen molar-refractivity contribution >= 4 is 41.0 Å². The average molecular weight is 399 g/mol. The van der Waals surface area contributed by atoms with E-state index >= 15 is 0 Å². The molecule has 136 valence electrons. The van der Waals surface area contributed by atoms with Gasteiger partial charge in [0, 0.05) is 29.3 Å². The molecule has 0 aromatic carbocycles. The molecule has 0 radical (unpaired) electrons. The van der Waals surface area contributed by atoms with Gasteiger partial charge in [0.2, 0.25) is 5.91 Å². The van der Waals surface area contributed by atoms with Crippen molar-refractivity contribution in [2.45, 2.75) is 57.7 Å². The van der Waals surface area contributed by atoms with Gasteiger partial charge in [0.25, 0.3) is 0 Å². The molecule has 2 fully saturated rings. The number of fused-ring (bicyclic) bond motifs is 2. The lowest BCUT2D eigenvalue weighted by Crippen LogP contribution is -2.49. The van der Waals surface area contributed by atoms with Crippen LogP contribution in [0.1, 0.15) is 42.6 Å². The van der Waals surface area contributed by atoms with E-state index in [2.05, 4.69) is 38.3 Å². The minimum Gasteiger partial charge on any atom is -0.349 e. The maximum atomic E-state index is 13.1. The fourth-order valence-electron chi connectivity index (χ4n) is 4.10. The van der Waals surface area contributed by atoms with Crippen LogP contribution in [0.4, 0.5) is 0 Å². The summed E-state index contributed by atoms with van der Waals surface area (Å²) in [5, 5.41) is 11.9. The van der Waals surface area contributed by atoms with Gasteiger partial charge in [-0.2, -0.15) is 0 Å². The van der Waals surface area contributed by atoms with Crippen molar-refractivity contribution in [2.24, 2.45) is 5.41 Å². The second kappa shape index (κ2) is 7.70. The number of rotatable bonds is 6. The molecule has 4 rings (SSSR count). The highest BCUT2D eigenvalue weighted by Gasteiger charge is 2.55. The molecule has 2 bridgehead atoms. The topological polar surface area (TPSA) is 66.9 Å². The first-order valence-electron chi connectivity index (χ1n) is 8.54. The van der Waals surface area contributed by atoms with E-state index in [0.717, 1.165) is 42.1 Å². The van der Waals surface area contributed by atoms with Crippen LogP contribution in [0.25, 0.3) is 0 Å². The quantitative estimate of drug-likeness (QED) is 0.785. The molecule has 25 heavy (non-hydrogen) atoms. The molecule has 2 N–H and O–H groups in total. The van der Waals surface area contributed by atoms with Crippen LogP contribution in [0.5, 0.6) is 0 Å². The van der Waals surface area contributed by atoms with Gasteiger partial charge in [0.1, 0.15) is 5.01 Å². The zero-order chi connectivity index (χ0) is 16.6. The number of carbonyl (C=O) groups excluding carboxylic acids is 1. The molecule has 0 spiro atoms. The van der Waals surface area contributed by atoms with Crippen molar-refractivity contribution in [3.63, 3.8) is 0 Å². The van der Waals surface area contributed by atoms with E-state index in [1.165, 1.54) is 6.42 Å². The molecule has 0 unspecified atom stereocenters. The van der Waals surface area contributed by atoms with Gasteiger partial charge < -0.3 is 10.6 Å². The number of amides is 1. The molecule has 2 aromatic rings. The largest absolute Gasteiger partial charge is 0.349 e. The normalized spacial score (nSPS) is 27.2. The highest BCUT2D eigenvalue weighted by Crippen LogP contribution is 2.45. The summed E-state index contributed by atoms with van der Waals surface area (Å²) in [6.07, 6.45) is 4.85. The number of nitrogens with one attached hydrogen (secondary N) is 2. The molecule has 2 aliphatic rings. The van der Waals surface area contributed by atoms with Gasteiger partial charge in [0.15, 0.2) is 0 Å². The van der Waals surface area contributed by atoms with E-state index < -0.39 is 0 Å². The predicted octanol–water partition coefficient (Wildman–Crippen LogP) is 2.95. The van der Waals surface area contributed by atoms with Crippen LogP contribution >= 0.6 is 35.1 Å². The number of hydrogen-bond acceptors (Lipinski definition) is 6. The lowest BCUT2D eigenvalue weighted by molar-refractivity contribution is -0.132. The molecule has 0 saturated carbocycles. The number of aryl methyl sites for hydroxylation is 1. The van der Waals surface area contributed by atoms with E-state index in [1.54, 1.807) is 22.7 Å². The molecule has 8 heteroatoms. The highest BCUT2D eigenvalue weighted by molar-refractivity contribution is 7.09. The summed E-state index contributed by atoms with van der Waals surface area (Å²) in [6, 6.07) is 0.748. The first-order valence-corrected chi connectivity index (χ1v) is 10.4. The number of halogens is 1. The van der Waals surface area contributed by atoms with Crippen LogP contribution < -0.4 is 10.6 Å². The summed E-state index contributed by atoms with van der Waals surface area (Å²) in [5.74, 6) is 0.156. The second-order valence-corrected chi connectivity index (χ2v) is 8.44. The van der Waals surface area contributed by atoms with Crippen LogP contribution in [-0.2, 0) is 24.2 Å². The lowest BCUT2D eigenvalue weighted by atomic mass is 9.70. The van der Waals surface area contributed by atoms with E-state index in [4.69, 9.17) is 0 Å². The van der Waals surface area contributed by atoms with E-state index in [1.807, 2.05) is 5.51 Å². The molecular weight excluding hydrogens is 376 g/mol. The molecule has 2 aromatic heterocycles. The highest BCUT2D eigenvalue weighted by atomic mass is 35.5. The molecule has 2 saturated heterocycles. The molecule has 1 amide bonds. The Bertz CT molecular complexity index is 720. The van der Waals surface area contributed by atoms with Gasteiger partial charge in [-0.1, -0.05) is 6.92 Å². The third kappa shape index (κ3) is 3.60. The summed E-state index contributed by atoms with van der Waals surface area (Å²) >= 11 is 3.22. The molecule has 0 aliphatic carbocycles.